The van der Waals surface area contributed by atoms with Crippen LogP contribution in [0, 0.1) is 17.5 Å². The van der Waals surface area contributed by atoms with Crippen molar-refractivity contribution in [3.8, 4) is 0 Å². The van der Waals surface area contributed by atoms with Crippen molar-refractivity contribution in [3.05, 3.63) is 35.1 Å². The Balaban J connectivity index is 1.63. The summed E-state index contributed by atoms with van der Waals surface area (Å²) in [5.74, 6) is -4.05. The number of piperidine rings is 1. The van der Waals surface area contributed by atoms with Crippen molar-refractivity contribution in [2.45, 2.75) is 18.4 Å². The molecule has 8 heteroatoms. The number of morpholine rings is 1. The van der Waals surface area contributed by atoms with Crippen LogP contribution >= 0.6 is 0 Å². The van der Waals surface area contributed by atoms with Crippen LogP contribution in [0.2, 0.25) is 0 Å². The van der Waals surface area contributed by atoms with Crippen molar-refractivity contribution in [1.29, 1.82) is 0 Å². The maximum atomic E-state index is 14.0. The lowest BCUT2D eigenvalue weighted by Gasteiger charge is -2.38. The fourth-order valence-electron chi connectivity index (χ4n) is 3.42. The Bertz CT molecular complexity index is 638. The number of rotatable bonds is 4. The highest BCUT2D eigenvalue weighted by molar-refractivity contribution is 5.78. The molecule has 0 radical (unpaired) electrons. The minimum absolute atomic E-state index is 0.00767. The SMILES string of the molecule is N[C@H]1CN(CCN2CCOCC2)C(=O)C[C@@H]1c1cc(F)c(F)cc1F. The molecular weight excluding hydrogens is 335 g/mol. The molecule has 0 saturated carbocycles. The number of halogens is 3. The fraction of sp³-hybridized carbons (Fsp3) is 0.588. The molecule has 25 heavy (non-hydrogen) atoms. The molecule has 3 rings (SSSR count). The van der Waals surface area contributed by atoms with Gasteiger partial charge in [-0.3, -0.25) is 9.69 Å². The summed E-state index contributed by atoms with van der Waals surface area (Å²) < 4.78 is 45.8. The molecule has 1 amide bonds. The van der Waals surface area contributed by atoms with Crippen LogP contribution in [0.4, 0.5) is 13.2 Å². The van der Waals surface area contributed by atoms with Gasteiger partial charge in [0, 0.05) is 57.2 Å². The predicted molar refractivity (Wildman–Crippen MR) is 85.5 cm³/mol. The maximum absolute atomic E-state index is 14.0. The molecule has 0 aliphatic carbocycles. The molecule has 2 heterocycles. The highest BCUT2D eigenvalue weighted by atomic mass is 19.2. The molecule has 2 N–H and O–H groups in total. The molecule has 1 aromatic rings. The number of hydrogen-bond acceptors (Lipinski definition) is 4. The molecule has 2 aliphatic rings. The molecule has 0 unspecified atom stereocenters. The smallest absolute Gasteiger partial charge is 0.223 e. The van der Waals surface area contributed by atoms with E-state index in [1.54, 1.807) is 4.90 Å². The van der Waals surface area contributed by atoms with Gasteiger partial charge < -0.3 is 15.4 Å². The lowest BCUT2D eigenvalue weighted by Crippen LogP contribution is -2.52. The van der Waals surface area contributed by atoms with Gasteiger partial charge in [-0.2, -0.15) is 0 Å². The minimum atomic E-state index is -1.25. The maximum Gasteiger partial charge on any atom is 0.223 e. The van der Waals surface area contributed by atoms with Crippen molar-refractivity contribution in [2.24, 2.45) is 5.73 Å². The molecule has 138 valence electrons. The summed E-state index contributed by atoms with van der Waals surface area (Å²) in [6.07, 6.45) is -0.00767. The molecule has 0 aromatic heterocycles. The zero-order valence-electron chi connectivity index (χ0n) is 13.9. The molecule has 5 nitrogen and oxygen atoms in total. The highest BCUT2D eigenvalue weighted by Gasteiger charge is 2.35. The van der Waals surface area contributed by atoms with Crippen molar-refractivity contribution < 1.29 is 22.7 Å². The lowest BCUT2D eigenvalue weighted by atomic mass is 9.85. The normalized spacial score (nSPS) is 25.4. The number of carbonyl (C=O) groups excluding carboxylic acids is 1. The zero-order chi connectivity index (χ0) is 18.0. The van der Waals surface area contributed by atoms with Gasteiger partial charge in [-0.05, 0) is 11.6 Å². The summed E-state index contributed by atoms with van der Waals surface area (Å²) in [5, 5.41) is 0. The van der Waals surface area contributed by atoms with Gasteiger partial charge in [0.25, 0.3) is 0 Å². The zero-order valence-corrected chi connectivity index (χ0v) is 13.9. The Morgan fingerprint density at radius 3 is 2.48 bits per heavy atom. The van der Waals surface area contributed by atoms with Gasteiger partial charge in [0.1, 0.15) is 5.82 Å². The Morgan fingerprint density at radius 2 is 1.76 bits per heavy atom. The van der Waals surface area contributed by atoms with Crippen LogP contribution in [0.5, 0.6) is 0 Å². The average Bonchev–Trinajstić information content (AvgIpc) is 2.59. The second-order valence-corrected chi connectivity index (χ2v) is 6.56. The van der Waals surface area contributed by atoms with E-state index in [9.17, 15) is 18.0 Å². The first-order chi connectivity index (χ1) is 12.0. The van der Waals surface area contributed by atoms with E-state index in [1.807, 2.05) is 0 Å². The summed E-state index contributed by atoms with van der Waals surface area (Å²) in [4.78, 5) is 16.3. The van der Waals surface area contributed by atoms with Gasteiger partial charge in [-0.15, -0.1) is 0 Å². The second kappa shape index (κ2) is 7.72. The lowest BCUT2D eigenvalue weighted by molar-refractivity contribution is -0.134. The summed E-state index contributed by atoms with van der Waals surface area (Å²) in [7, 11) is 0. The first kappa shape index (κ1) is 18.2. The van der Waals surface area contributed by atoms with E-state index in [2.05, 4.69) is 4.90 Å². The Kier molecular flexibility index (Phi) is 5.61. The second-order valence-electron chi connectivity index (χ2n) is 6.56. The first-order valence-electron chi connectivity index (χ1n) is 8.43. The number of ether oxygens (including phenoxy) is 1. The van der Waals surface area contributed by atoms with E-state index in [-0.39, 0.29) is 24.4 Å². The molecule has 2 atom stereocenters. The quantitative estimate of drug-likeness (QED) is 0.820. The van der Waals surface area contributed by atoms with E-state index in [0.717, 1.165) is 25.7 Å². The predicted octanol–water partition coefficient (Wildman–Crippen LogP) is 1.08. The monoisotopic (exact) mass is 357 g/mol. The number of nitrogens with two attached hydrogens (primary N) is 1. The van der Waals surface area contributed by atoms with Crippen LogP contribution in [0.15, 0.2) is 12.1 Å². The molecule has 2 saturated heterocycles. The van der Waals surface area contributed by atoms with Gasteiger partial charge in [-0.1, -0.05) is 0 Å². The van der Waals surface area contributed by atoms with Gasteiger partial charge in [-0.25, -0.2) is 13.2 Å². The van der Waals surface area contributed by atoms with Crippen LogP contribution < -0.4 is 5.73 Å². The van der Waals surface area contributed by atoms with E-state index < -0.39 is 29.4 Å². The third kappa shape index (κ3) is 4.13. The number of nitrogens with zero attached hydrogens (tertiary/aromatic N) is 2. The van der Waals surface area contributed by atoms with E-state index in [0.29, 0.717) is 25.8 Å². The molecule has 0 bridgehead atoms. The summed E-state index contributed by atoms with van der Waals surface area (Å²) in [5.41, 5.74) is 6.08. The van der Waals surface area contributed by atoms with Gasteiger partial charge in [0.05, 0.1) is 13.2 Å². The number of amides is 1. The molecule has 0 spiro atoms. The summed E-state index contributed by atoms with van der Waals surface area (Å²) in [6, 6.07) is 0.792. The van der Waals surface area contributed by atoms with Crippen LogP contribution in [0.25, 0.3) is 0 Å². The number of benzene rings is 1. The van der Waals surface area contributed by atoms with Crippen molar-refractivity contribution in [3.63, 3.8) is 0 Å². The molecule has 2 fully saturated rings. The highest BCUT2D eigenvalue weighted by Crippen LogP contribution is 2.31. The van der Waals surface area contributed by atoms with Crippen LogP contribution in [-0.2, 0) is 9.53 Å². The Hall–Kier alpha value is -1.64. The average molecular weight is 357 g/mol. The molecular formula is C17H22F3N3O2. The fourth-order valence-corrected chi connectivity index (χ4v) is 3.42. The number of carbonyl (C=O) groups is 1. The van der Waals surface area contributed by atoms with Crippen LogP contribution in [0.1, 0.15) is 17.9 Å². The van der Waals surface area contributed by atoms with Crippen molar-refractivity contribution >= 4 is 5.91 Å². The third-order valence-electron chi connectivity index (χ3n) is 4.92. The third-order valence-corrected chi connectivity index (χ3v) is 4.92. The van der Waals surface area contributed by atoms with E-state index in [4.69, 9.17) is 10.5 Å². The van der Waals surface area contributed by atoms with E-state index in [1.165, 1.54) is 0 Å². The van der Waals surface area contributed by atoms with Crippen molar-refractivity contribution in [2.75, 3.05) is 45.9 Å². The van der Waals surface area contributed by atoms with Crippen LogP contribution in [0.3, 0.4) is 0 Å². The van der Waals surface area contributed by atoms with Gasteiger partial charge in [0.15, 0.2) is 11.6 Å². The van der Waals surface area contributed by atoms with Crippen molar-refractivity contribution in [1.82, 2.24) is 9.80 Å². The largest absolute Gasteiger partial charge is 0.379 e. The minimum Gasteiger partial charge on any atom is -0.379 e. The topological polar surface area (TPSA) is 58.8 Å². The first-order valence-corrected chi connectivity index (χ1v) is 8.43. The van der Waals surface area contributed by atoms with Crippen LogP contribution in [-0.4, -0.2) is 67.7 Å². The molecule has 1 aromatic carbocycles. The Morgan fingerprint density at radius 1 is 1.08 bits per heavy atom. The van der Waals surface area contributed by atoms with E-state index >= 15 is 0 Å². The van der Waals surface area contributed by atoms with Gasteiger partial charge >= 0.3 is 0 Å². The Labute approximate surface area is 144 Å². The summed E-state index contributed by atoms with van der Waals surface area (Å²) in [6.45, 7) is 4.57. The van der Waals surface area contributed by atoms with Gasteiger partial charge in [0.2, 0.25) is 5.91 Å². The molecule has 2 aliphatic heterocycles. The summed E-state index contributed by atoms with van der Waals surface area (Å²) >= 11 is 0. The standard InChI is InChI=1S/C17H22F3N3O2/c18-13-9-15(20)14(19)7-11(13)12-8-17(24)23(10-16(12)21)2-1-22-3-5-25-6-4-22/h7,9,12,16H,1-6,8,10,21H2/t12-,16+/m1/s1. The number of hydrogen-bond donors (Lipinski definition) is 1. The number of likely N-dealkylation sites (tertiary alicyclic amines) is 1.